The van der Waals surface area contributed by atoms with Crippen LogP contribution in [0.25, 0.3) is 0 Å². The lowest BCUT2D eigenvalue weighted by molar-refractivity contribution is 0.466. The molecule has 2 aromatic rings. The second-order valence-electron chi connectivity index (χ2n) is 4.78. The molecule has 21 heavy (non-hydrogen) atoms. The first-order valence-electron chi connectivity index (χ1n) is 6.11. The van der Waals surface area contributed by atoms with Crippen LogP contribution in [0.15, 0.2) is 29.3 Å². The van der Waals surface area contributed by atoms with E-state index < -0.39 is 10.0 Å². The number of rotatable bonds is 4. The summed E-state index contributed by atoms with van der Waals surface area (Å²) in [5.74, 6) is 0. The van der Waals surface area contributed by atoms with Gasteiger partial charge < -0.3 is 0 Å². The Bertz CT molecular complexity index is 751. The molecule has 2 rings (SSSR count). The monoisotopic (exact) mass is 347 g/mol. The van der Waals surface area contributed by atoms with Crippen molar-refractivity contribution in [3.8, 4) is 0 Å². The number of aromatic nitrogens is 2. The Morgan fingerprint density at radius 2 is 1.81 bits per heavy atom. The maximum absolute atomic E-state index is 12.5. The van der Waals surface area contributed by atoms with Crippen LogP contribution in [0.5, 0.6) is 0 Å². The molecule has 1 aromatic carbocycles. The number of aryl methyl sites for hydroxylation is 2. The number of hydrogen-bond donors (Lipinski definition) is 0. The van der Waals surface area contributed by atoms with E-state index in [4.69, 9.17) is 23.2 Å². The minimum absolute atomic E-state index is 0.0732. The molecule has 0 amide bonds. The van der Waals surface area contributed by atoms with Crippen LogP contribution in [0.3, 0.4) is 0 Å². The van der Waals surface area contributed by atoms with Crippen molar-refractivity contribution in [2.75, 3.05) is 7.05 Å². The van der Waals surface area contributed by atoms with Gasteiger partial charge in [0.15, 0.2) is 0 Å². The van der Waals surface area contributed by atoms with E-state index >= 15 is 0 Å². The van der Waals surface area contributed by atoms with Crippen molar-refractivity contribution in [1.29, 1.82) is 0 Å². The first kappa shape index (κ1) is 16.3. The summed E-state index contributed by atoms with van der Waals surface area (Å²) in [7, 11) is -0.358. The van der Waals surface area contributed by atoms with Crippen molar-refractivity contribution in [3.63, 3.8) is 0 Å². The zero-order chi connectivity index (χ0) is 15.8. The highest BCUT2D eigenvalue weighted by molar-refractivity contribution is 7.89. The summed E-state index contributed by atoms with van der Waals surface area (Å²) >= 11 is 11.7. The van der Waals surface area contributed by atoms with Crippen molar-refractivity contribution in [1.82, 2.24) is 14.1 Å². The summed E-state index contributed by atoms with van der Waals surface area (Å²) in [6.45, 7) is 2.07. The molecule has 1 heterocycles. The maximum atomic E-state index is 12.5. The average molecular weight is 348 g/mol. The Morgan fingerprint density at radius 3 is 2.29 bits per heavy atom. The fourth-order valence-corrected chi connectivity index (χ4v) is 3.86. The zero-order valence-electron chi connectivity index (χ0n) is 11.8. The third-order valence-electron chi connectivity index (χ3n) is 3.05. The Morgan fingerprint density at radius 1 is 1.24 bits per heavy atom. The highest BCUT2D eigenvalue weighted by atomic mass is 35.5. The van der Waals surface area contributed by atoms with Gasteiger partial charge in [-0.05, 0) is 25.1 Å². The summed E-state index contributed by atoms with van der Waals surface area (Å²) in [6, 6.07) is 4.26. The van der Waals surface area contributed by atoms with E-state index in [9.17, 15) is 8.42 Å². The largest absolute Gasteiger partial charge is 0.275 e. The van der Waals surface area contributed by atoms with Gasteiger partial charge in [-0.1, -0.05) is 23.2 Å². The Labute approximate surface area is 134 Å². The van der Waals surface area contributed by atoms with Crippen LogP contribution in [-0.2, 0) is 23.6 Å². The standard InChI is InChI=1S/C13H15Cl2N3O2S/c1-9-10(7-17(2)16-9)8-18(3)21(19,20)13-5-11(14)4-12(15)6-13/h4-7H,8H2,1-3H3. The summed E-state index contributed by atoms with van der Waals surface area (Å²) in [4.78, 5) is 0.0732. The summed E-state index contributed by atoms with van der Waals surface area (Å²) in [5, 5.41) is 4.77. The number of sulfonamides is 1. The van der Waals surface area contributed by atoms with E-state index in [0.717, 1.165) is 11.3 Å². The molecule has 0 N–H and O–H groups in total. The first-order valence-corrected chi connectivity index (χ1v) is 8.31. The molecule has 0 spiro atoms. The van der Waals surface area contributed by atoms with Gasteiger partial charge in [0.05, 0.1) is 10.6 Å². The van der Waals surface area contributed by atoms with Gasteiger partial charge in [-0.2, -0.15) is 9.40 Å². The molecule has 0 radical (unpaired) electrons. The van der Waals surface area contributed by atoms with E-state index in [1.54, 1.807) is 17.9 Å². The third kappa shape index (κ3) is 3.58. The van der Waals surface area contributed by atoms with Crippen LogP contribution >= 0.6 is 23.2 Å². The molecule has 0 aliphatic heterocycles. The quantitative estimate of drug-likeness (QED) is 0.854. The molecule has 0 unspecified atom stereocenters. The number of benzene rings is 1. The molecule has 0 saturated carbocycles. The van der Waals surface area contributed by atoms with Gasteiger partial charge in [-0.15, -0.1) is 0 Å². The lowest BCUT2D eigenvalue weighted by Crippen LogP contribution is -2.26. The molecule has 1 aromatic heterocycles. The molecule has 8 heteroatoms. The van der Waals surface area contributed by atoms with E-state index in [2.05, 4.69) is 5.10 Å². The van der Waals surface area contributed by atoms with Gasteiger partial charge in [0.1, 0.15) is 0 Å². The van der Waals surface area contributed by atoms with Crippen LogP contribution in [0.1, 0.15) is 11.3 Å². The van der Waals surface area contributed by atoms with Gasteiger partial charge in [-0.3, -0.25) is 4.68 Å². The fourth-order valence-electron chi connectivity index (χ4n) is 1.99. The predicted molar refractivity (Wildman–Crippen MR) is 83.1 cm³/mol. The van der Waals surface area contributed by atoms with Crippen molar-refractivity contribution in [3.05, 3.63) is 45.7 Å². The van der Waals surface area contributed by atoms with Crippen molar-refractivity contribution in [2.45, 2.75) is 18.4 Å². The molecule has 0 bridgehead atoms. The van der Waals surface area contributed by atoms with Gasteiger partial charge in [0, 0.05) is 42.4 Å². The summed E-state index contributed by atoms with van der Waals surface area (Å²) in [5.41, 5.74) is 1.64. The number of halogens is 2. The third-order valence-corrected chi connectivity index (χ3v) is 5.27. The first-order chi connectivity index (χ1) is 9.70. The van der Waals surface area contributed by atoms with Gasteiger partial charge >= 0.3 is 0 Å². The Hall–Kier alpha value is -1.08. The molecule has 0 atom stereocenters. The molecule has 5 nitrogen and oxygen atoms in total. The molecule has 0 aliphatic carbocycles. The SMILES string of the molecule is Cc1nn(C)cc1CN(C)S(=O)(=O)c1cc(Cl)cc(Cl)c1. The van der Waals surface area contributed by atoms with Gasteiger partial charge in [0.25, 0.3) is 0 Å². The summed E-state index contributed by atoms with van der Waals surface area (Å²) < 4.78 is 28.0. The smallest absolute Gasteiger partial charge is 0.243 e. The second-order valence-corrected chi connectivity index (χ2v) is 7.70. The highest BCUT2D eigenvalue weighted by Crippen LogP contribution is 2.25. The van der Waals surface area contributed by atoms with Crippen molar-refractivity contribution >= 4 is 33.2 Å². The van der Waals surface area contributed by atoms with Crippen molar-refractivity contribution in [2.24, 2.45) is 7.05 Å². The topological polar surface area (TPSA) is 55.2 Å². The molecule has 0 aliphatic rings. The van der Waals surface area contributed by atoms with Crippen LogP contribution in [0.2, 0.25) is 10.0 Å². The molecule has 0 fully saturated rings. The van der Waals surface area contributed by atoms with Crippen LogP contribution in [-0.4, -0.2) is 29.6 Å². The van der Waals surface area contributed by atoms with E-state index in [1.165, 1.54) is 29.6 Å². The minimum atomic E-state index is -3.66. The van der Waals surface area contributed by atoms with Crippen LogP contribution in [0.4, 0.5) is 0 Å². The van der Waals surface area contributed by atoms with Crippen molar-refractivity contribution < 1.29 is 8.42 Å². The Kier molecular flexibility index (Phi) is 4.63. The highest BCUT2D eigenvalue weighted by Gasteiger charge is 2.23. The minimum Gasteiger partial charge on any atom is -0.275 e. The Balaban J connectivity index is 2.32. The lowest BCUT2D eigenvalue weighted by atomic mass is 10.3. The van der Waals surface area contributed by atoms with Gasteiger partial charge in [-0.25, -0.2) is 8.42 Å². The van der Waals surface area contributed by atoms with Crippen LogP contribution in [0, 0.1) is 6.92 Å². The zero-order valence-corrected chi connectivity index (χ0v) is 14.2. The van der Waals surface area contributed by atoms with E-state index in [0.29, 0.717) is 0 Å². The van der Waals surface area contributed by atoms with E-state index in [-0.39, 0.29) is 21.5 Å². The van der Waals surface area contributed by atoms with Gasteiger partial charge in [0.2, 0.25) is 10.0 Å². The molecular weight excluding hydrogens is 333 g/mol. The number of nitrogens with zero attached hydrogens (tertiary/aromatic N) is 3. The maximum Gasteiger partial charge on any atom is 0.243 e. The van der Waals surface area contributed by atoms with Crippen LogP contribution < -0.4 is 0 Å². The summed E-state index contributed by atoms with van der Waals surface area (Å²) in [6.07, 6.45) is 1.80. The van der Waals surface area contributed by atoms with E-state index in [1.807, 2.05) is 6.92 Å². The predicted octanol–water partition coefficient (Wildman–Crippen LogP) is 2.86. The molecule has 0 saturated heterocycles. The normalized spacial score (nSPS) is 12.1. The average Bonchev–Trinajstić information content (AvgIpc) is 2.66. The number of hydrogen-bond acceptors (Lipinski definition) is 3. The molecular formula is C13H15Cl2N3O2S. The fraction of sp³-hybridized carbons (Fsp3) is 0.308. The lowest BCUT2D eigenvalue weighted by Gasteiger charge is -2.17. The molecule has 114 valence electrons. The second kappa shape index (κ2) is 5.96.